The van der Waals surface area contributed by atoms with E-state index in [2.05, 4.69) is 5.32 Å². The first-order valence-electron chi connectivity index (χ1n) is 4.08. The van der Waals surface area contributed by atoms with Gasteiger partial charge in [0.25, 0.3) is 0 Å². The number of fused-ring (bicyclic) bond motifs is 1. The molecule has 2 fully saturated rings. The molecule has 2 rings (SSSR count). The van der Waals surface area contributed by atoms with Gasteiger partial charge in [0.15, 0.2) is 9.84 Å². The maximum atomic E-state index is 11.2. The predicted octanol–water partition coefficient (Wildman–Crippen LogP) is -0.360. The Morgan fingerprint density at radius 1 is 1.18 bits per heavy atom. The first-order valence-corrected chi connectivity index (χ1v) is 5.91. The van der Waals surface area contributed by atoms with E-state index in [1.807, 2.05) is 0 Å². The Kier molecular flexibility index (Phi) is 1.68. The highest BCUT2D eigenvalue weighted by Crippen LogP contribution is 2.27. The third-order valence-electron chi connectivity index (χ3n) is 2.75. The highest BCUT2D eigenvalue weighted by Gasteiger charge is 2.35. The molecule has 0 saturated carbocycles. The topological polar surface area (TPSA) is 46.2 Å². The van der Waals surface area contributed by atoms with E-state index in [0.717, 1.165) is 19.5 Å². The van der Waals surface area contributed by atoms with Crippen molar-refractivity contribution in [2.24, 2.45) is 11.8 Å². The first-order chi connectivity index (χ1) is 5.17. The second kappa shape index (κ2) is 2.45. The summed E-state index contributed by atoms with van der Waals surface area (Å²) in [6, 6.07) is 0. The summed E-state index contributed by atoms with van der Waals surface area (Å²) in [5.41, 5.74) is 0. The van der Waals surface area contributed by atoms with Crippen molar-refractivity contribution in [3.05, 3.63) is 0 Å². The lowest BCUT2D eigenvalue weighted by molar-refractivity contribution is 0.416. The molecule has 2 aliphatic rings. The molecule has 2 aliphatic heterocycles. The second-order valence-electron chi connectivity index (χ2n) is 3.58. The summed E-state index contributed by atoms with van der Waals surface area (Å²) in [7, 11) is -2.68. The highest BCUT2D eigenvalue weighted by atomic mass is 32.2. The summed E-state index contributed by atoms with van der Waals surface area (Å²) in [5, 5.41) is 3.24. The van der Waals surface area contributed by atoms with E-state index in [1.165, 1.54) is 0 Å². The molecule has 0 amide bonds. The summed E-state index contributed by atoms with van der Waals surface area (Å²) in [4.78, 5) is 0. The van der Waals surface area contributed by atoms with Crippen LogP contribution in [0.1, 0.15) is 6.42 Å². The van der Waals surface area contributed by atoms with Crippen LogP contribution in [-0.4, -0.2) is 33.0 Å². The van der Waals surface area contributed by atoms with E-state index in [9.17, 15) is 8.42 Å². The van der Waals surface area contributed by atoms with E-state index in [0.29, 0.717) is 23.3 Å². The normalized spacial score (nSPS) is 41.8. The fourth-order valence-corrected chi connectivity index (χ4v) is 3.93. The van der Waals surface area contributed by atoms with Crippen LogP contribution in [0.5, 0.6) is 0 Å². The maximum absolute atomic E-state index is 11.2. The quantitative estimate of drug-likeness (QED) is 0.547. The van der Waals surface area contributed by atoms with E-state index >= 15 is 0 Å². The standard InChI is InChI=1S/C7H13NO2S/c9-11(10)2-1-6-3-8-4-7(6)5-11/h6-8H,1-5H2. The molecule has 0 aromatic rings. The van der Waals surface area contributed by atoms with Crippen molar-refractivity contribution in [1.82, 2.24) is 5.32 Å². The van der Waals surface area contributed by atoms with Gasteiger partial charge in [0.1, 0.15) is 0 Å². The molecule has 0 radical (unpaired) electrons. The summed E-state index contributed by atoms with van der Waals surface area (Å²) < 4.78 is 22.3. The molecule has 0 bridgehead atoms. The molecule has 64 valence electrons. The second-order valence-corrected chi connectivity index (χ2v) is 5.81. The third-order valence-corrected chi connectivity index (χ3v) is 4.54. The molecule has 0 aromatic carbocycles. The van der Waals surface area contributed by atoms with Crippen LogP contribution in [0, 0.1) is 11.8 Å². The summed E-state index contributed by atoms with van der Waals surface area (Å²) in [6.45, 7) is 1.93. The lowest BCUT2D eigenvalue weighted by atomic mass is 9.95. The van der Waals surface area contributed by atoms with Gasteiger partial charge in [0.05, 0.1) is 11.5 Å². The van der Waals surface area contributed by atoms with Gasteiger partial charge in [-0.25, -0.2) is 8.42 Å². The average Bonchev–Trinajstić information content (AvgIpc) is 2.31. The Hall–Kier alpha value is -0.0900. The fourth-order valence-electron chi connectivity index (χ4n) is 2.06. The van der Waals surface area contributed by atoms with Crippen LogP contribution in [0.25, 0.3) is 0 Å². The smallest absolute Gasteiger partial charge is 0.150 e. The Bertz CT molecular complexity index is 247. The molecule has 0 aromatic heterocycles. The summed E-state index contributed by atoms with van der Waals surface area (Å²) in [5.74, 6) is 1.88. The Morgan fingerprint density at radius 3 is 2.73 bits per heavy atom. The van der Waals surface area contributed by atoms with Crippen LogP contribution >= 0.6 is 0 Å². The van der Waals surface area contributed by atoms with Gasteiger partial charge in [-0.3, -0.25) is 0 Å². The van der Waals surface area contributed by atoms with Crippen LogP contribution in [0.15, 0.2) is 0 Å². The molecular formula is C7H13NO2S. The van der Waals surface area contributed by atoms with Gasteiger partial charge in [-0.2, -0.15) is 0 Å². The van der Waals surface area contributed by atoms with E-state index in [1.54, 1.807) is 0 Å². The molecule has 4 heteroatoms. The van der Waals surface area contributed by atoms with Crippen molar-refractivity contribution in [3.63, 3.8) is 0 Å². The summed E-state index contributed by atoms with van der Waals surface area (Å²) >= 11 is 0. The molecule has 2 atom stereocenters. The van der Waals surface area contributed by atoms with Crippen LogP contribution in [0.4, 0.5) is 0 Å². The van der Waals surface area contributed by atoms with Gasteiger partial charge in [-0.05, 0) is 31.3 Å². The van der Waals surface area contributed by atoms with Crippen molar-refractivity contribution in [3.8, 4) is 0 Å². The van der Waals surface area contributed by atoms with E-state index < -0.39 is 9.84 Å². The van der Waals surface area contributed by atoms with Crippen molar-refractivity contribution >= 4 is 9.84 Å². The largest absolute Gasteiger partial charge is 0.316 e. The number of rotatable bonds is 0. The third kappa shape index (κ3) is 1.42. The van der Waals surface area contributed by atoms with Crippen LogP contribution in [0.3, 0.4) is 0 Å². The molecule has 0 aliphatic carbocycles. The number of hydrogen-bond donors (Lipinski definition) is 1. The molecule has 1 N–H and O–H groups in total. The minimum Gasteiger partial charge on any atom is -0.316 e. The number of hydrogen-bond acceptors (Lipinski definition) is 3. The van der Waals surface area contributed by atoms with Crippen molar-refractivity contribution in [1.29, 1.82) is 0 Å². The van der Waals surface area contributed by atoms with Gasteiger partial charge in [-0.1, -0.05) is 0 Å². The Morgan fingerprint density at radius 2 is 1.91 bits per heavy atom. The minimum atomic E-state index is -2.68. The molecule has 2 unspecified atom stereocenters. The van der Waals surface area contributed by atoms with Gasteiger partial charge in [0, 0.05) is 0 Å². The maximum Gasteiger partial charge on any atom is 0.150 e. The van der Waals surface area contributed by atoms with Crippen molar-refractivity contribution in [2.45, 2.75) is 6.42 Å². The zero-order valence-electron chi connectivity index (χ0n) is 6.41. The van der Waals surface area contributed by atoms with Crippen LogP contribution in [-0.2, 0) is 9.84 Å². The van der Waals surface area contributed by atoms with Crippen LogP contribution < -0.4 is 5.32 Å². The predicted molar refractivity (Wildman–Crippen MR) is 43.1 cm³/mol. The molecule has 3 nitrogen and oxygen atoms in total. The van der Waals surface area contributed by atoms with Gasteiger partial charge >= 0.3 is 0 Å². The SMILES string of the molecule is O=S1(=O)CCC2CNCC2C1. The highest BCUT2D eigenvalue weighted by molar-refractivity contribution is 7.91. The van der Waals surface area contributed by atoms with Crippen molar-refractivity contribution < 1.29 is 8.42 Å². The zero-order chi connectivity index (χ0) is 7.90. The fraction of sp³-hybridized carbons (Fsp3) is 1.00. The van der Waals surface area contributed by atoms with E-state index in [-0.39, 0.29) is 0 Å². The monoisotopic (exact) mass is 175 g/mol. The molecule has 11 heavy (non-hydrogen) atoms. The van der Waals surface area contributed by atoms with Gasteiger partial charge in [0.2, 0.25) is 0 Å². The van der Waals surface area contributed by atoms with Crippen molar-refractivity contribution in [2.75, 3.05) is 24.6 Å². The minimum absolute atomic E-state index is 0.411. The van der Waals surface area contributed by atoms with Crippen LogP contribution in [0.2, 0.25) is 0 Å². The number of nitrogens with one attached hydrogen (secondary N) is 1. The molecule has 2 heterocycles. The molecule has 0 spiro atoms. The number of sulfone groups is 1. The average molecular weight is 175 g/mol. The van der Waals surface area contributed by atoms with Gasteiger partial charge < -0.3 is 5.32 Å². The molecule has 2 saturated heterocycles. The summed E-state index contributed by atoms with van der Waals surface area (Å²) in [6.07, 6.45) is 0.875. The lowest BCUT2D eigenvalue weighted by Gasteiger charge is -2.23. The first kappa shape index (κ1) is 7.55. The van der Waals surface area contributed by atoms with Gasteiger partial charge in [-0.15, -0.1) is 0 Å². The Balaban J connectivity index is 2.14. The molecular weight excluding hydrogens is 162 g/mol. The lowest BCUT2D eigenvalue weighted by Crippen LogP contribution is -2.31. The van der Waals surface area contributed by atoms with E-state index in [4.69, 9.17) is 0 Å². The Labute approximate surface area is 67.1 Å². The zero-order valence-corrected chi connectivity index (χ0v) is 7.23.